The molecule has 0 spiro atoms. The second-order valence-corrected chi connectivity index (χ2v) is 5.11. The van der Waals surface area contributed by atoms with Crippen LogP contribution in [0.25, 0.3) is 5.57 Å². The highest BCUT2D eigenvalue weighted by atomic mass is 14.4. The van der Waals surface area contributed by atoms with Gasteiger partial charge in [0.2, 0.25) is 0 Å². The topological polar surface area (TPSA) is 47.6 Å². The molecule has 102 valence electrons. The summed E-state index contributed by atoms with van der Waals surface area (Å²) in [6.07, 6.45) is 0.756. The van der Waals surface area contributed by atoms with Crippen molar-refractivity contribution in [2.75, 3.05) is 0 Å². The van der Waals surface area contributed by atoms with Gasteiger partial charge in [0.1, 0.15) is 0 Å². The van der Waals surface area contributed by atoms with Crippen molar-refractivity contribution in [3.05, 3.63) is 78.4 Å². The van der Waals surface area contributed by atoms with Crippen LogP contribution in [0.15, 0.2) is 67.2 Å². The fraction of sp³-hybridized carbons (Fsp3) is 0.158. The minimum absolute atomic E-state index is 0.346. The molecule has 0 aliphatic heterocycles. The van der Waals surface area contributed by atoms with E-state index in [-0.39, 0.29) is 0 Å². The van der Waals surface area contributed by atoms with Crippen molar-refractivity contribution in [2.24, 2.45) is 5.41 Å². The van der Waals surface area contributed by atoms with E-state index in [1.54, 1.807) is 0 Å². The van der Waals surface area contributed by atoms with Crippen molar-refractivity contribution in [1.82, 2.24) is 0 Å². The van der Waals surface area contributed by atoms with Gasteiger partial charge in [-0.25, -0.2) is 0 Å². The molecule has 0 heterocycles. The maximum atomic E-state index is 9.52. The first-order valence-electron chi connectivity index (χ1n) is 6.79. The van der Waals surface area contributed by atoms with Crippen LogP contribution in [-0.2, 0) is 6.42 Å². The van der Waals surface area contributed by atoms with E-state index in [1.807, 2.05) is 60.7 Å². The standard InChI is InChI=1S/C19H16N2/c1-16(18-10-6-3-7-11-18)12-19(14-20,15-21)13-17-8-4-2-5-9-17/h2-11H,1,12-13H2. The van der Waals surface area contributed by atoms with E-state index in [9.17, 15) is 10.5 Å². The van der Waals surface area contributed by atoms with Gasteiger partial charge in [-0.15, -0.1) is 0 Å². The fourth-order valence-corrected chi connectivity index (χ4v) is 2.33. The summed E-state index contributed by atoms with van der Waals surface area (Å²) in [5, 5.41) is 19.0. The number of nitriles is 2. The summed E-state index contributed by atoms with van der Waals surface area (Å²) in [4.78, 5) is 0. The quantitative estimate of drug-likeness (QED) is 0.811. The Morgan fingerprint density at radius 3 is 1.95 bits per heavy atom. The molecule has 0 aliphatic carbocycles. The van der Waals surface area contributed by atoms with Crippen LogP contribution in [0.2, 0.25) is 0 Å². The van der Waals surface area contributed by atoms with Crippen LogP contribution < -0.4 is 0 Å². The predicted octanol–water partition coefficient (Wildman–Crippen LogP) is 4.37. The molecule has 2 aromatic carbocycles. The Morgan fingerprint density at radius 1 is 0.905 bits per heavy atom. The van der Waals surface area contributed by atoms with Gasteiger partial charge in [0.05, 0.1) is 12.1 Å². The van der Waals surface area contributed by atoms with Crippen LogP contribution in [0, 0.1) is 28.1 Å². The van der Waals surface area contributed by atoms with Crippen molar-refractivity contribution >= 4 is 5.57 Å². The van der Waals surface area contributed by atoms with Crippen LogP contribution in [0.3, 0.4) is 0 Å². The maximum Gasteiger partial charge on any atom is 0.151 e. The first kappa shape index (κ1) is 14.6. The van der Waals surface area contributed by atoms with E-state index >= 15 is 0 Å². The van der Waals surface area contributed by atoms with Gasteiger partial charge in [-0.3, -0.25) is 0 Å². The Bertz CT molecular complexity index is 674. The zero-order valence-electron chi connectivity index (χ0n) is 11.8. The second-order valence-electron chi connectivity index (χ2n) is 5.11. The Hall–Kier alpha value is -2.84. The van der Waals surface area contributed by atoms with E-state index < -0.39 is 5.41 Å². The van der Waals surface area contributed by atoms with Gasteiger partial charge >= 0.3 is 0 Å². The fourth-order valence-electron chi connectivity index (χ4n) is 2.33. The smallest absolute Gasteiger partial charge is 0.151 e. The summed E-state index contributed by atoms with van der Waals surface area (Å²) in [5.74, 6) is 0. The van der Waals surface area contributed by atoms with Crippen LogP contribution in [0.4, 0.5) is 0 Å². The lowest BCUT2D eigenvalue weighted by Crippen LogP contribution is -2.20. The summed E-state index contributed by atoms with van der Waals surface area (Å²) in [7, 11) is 0. The molecule has 0 amide bonds. The van der Waals surface area contributed by atoms with E-state index in [0.717, 1.165) is 16.7 Å². The summed E-state index contributed by atoms with van der Waals surface area (Å²) in [6, 6.07) is 23.7. The first-order chi connectivity index (χ1) is 10.2. The van der Waals surface area contributed by atoms with Crippen molar-refractivity contribution in [2.45, 2.75) is 12.8 Å². The van der Waals surface area contributed by atoms with Gasteiger partial charge in [-0.2, -0.15) is 10.5 Å². The number of hydrogen-bond acceptors (Lipinski definition) is 2. The summed E-state index contributed by atoms with van der Waals surface area (Å²) >= 11 is 0. The Morgan fingerprint density at radius 2 is 1.43 bits per heavy atom. The zero-order valence-corrected chi connectivity index (χ0v) is 11.8. The van der Waals surface area contributed by atoms with Crippen molar-refractivity contribution in [1.29, 1.82) is 10.5 Å². The average molecular weight is 272 g/mol. The van der Waals surface area contributed by atoms with E-state index in [1.165, 1.54) is 0 Å². The SMILES string of the molecule is C=C(CC(C#N)(C#N)Cc1ccccc1)c1ccccc1. The summed E-state index contributed by atoms with van der Waals surface area (Å²) < 4.78 is 0. The number of allylic oxidation sites excluding steroid dienone is 1. The van der Waals surface area contributed by atoms with Gasteiger partial charge in [-0.05, 0) is 16.7 Å². The normalized spacial score (nSPS) is 10.4. The third-order valence-corrected chi connectivity index (χ3v) is 3.47. The maximum absolute atomic E-state index is 9.52. The molecule has 0 radical (unpaired) electrons. The average Bonchev–Trinajstić information content (AvgIpc) is 2.56. The van der Waals surface area contributed by atoms with Gasteiger partial charge in [0.15, 0.2) is 5.41 Å². The summed E-state index contributed by atoms with van der Waals surface area (Å²) in [5.41, 5.74) is 1.70. The molecular formula is C19H16N2. The molecule has 0 N–H and O–H groups in total. The molecule has 2 aromatic rings. The van der Waals surface area contributed by atoms with Crippen molar-refractivity contribution in [3.63, 3.8) is 0 Å². The van der Waals surface area contributed by atoms with Crippen LogP contribution in [0.5, 0.6) is 0 Å². The third-order valence-electron chi connectivity index (χ3n) is 3.47. The number of hydrogen-bond donors (Lipinski definition) is 0. The molecule has 0 aromatic heterocycles. The molecule has 21 heavy (non-hydrogen) atoms. The zero-order chi connectivity index (χ0) is 15.1. The molecule has 2 rings (SSSR count). The van der Waals surface area contributed by atoms with Crippen LogP contribution >= 0.6 is 0 Å². The van der Waals surface area contributed by atoms with E-state index in [4.69, 9.17) is 0 Å². The summed E-state index contributed by atoms with van der Waals surface area (Å²) in [6.45, 7) is 4.05. The second kappa shape index (κ2) is 6.55. The highest BCUT2D eigenvalue weighted by molar-refractivity contribution is 5.64. The highest BCUT2D eigenvalue weighted by Crippen LogP contribution is 2.32. The lowest BCUT2D eigenvalue weighted by molar-refractivity contribution is 0.534. The number of nitrogens with zero attached hydrogens (tertiary/aromatic N) is 2. The third kappa shape index (κ3) is 3.59. The Kier molecular flexibility index (Phi) is 4.54. The van der Waals surface area contributed by atoms with Gasteiger partial charge in [0.25, 0.3) is 0 Å². The van der Waals surface area contributed by atoms with Crippen molar-refractivity contribution in [3.8, 4) is 12.1 Å². The lowest BCUT2D eigenvalue weighted by atomic mass is 9.78. The van der Waals surface area contributed by atoms with E-state index in [0.29, 0.717) is 12.8 Å². The molecule has 0 saturated heterocycles. The highest BCUT2D eigenvalue weighted by Gasteiger charge is 2.31. The van der Waals surface area contributed by atoms with Gasteiger partial charge in [-0.1, -0.05) is 67.2 Å². The minimum atomic E-state index is -1.08. The molecule has 2 nitrogen and oxygen atoms in total. The molecule has 0 bridgehead atoms. The first-order valence-corrected chi connectivity index (χ1v) is 6.79. The van der Waals surface area contributed by atoms with Crippen LogP contribution in [-0.4, -0.2) is 0 Å². The molecule has 2 heteroatoms. The predicted molar refractivity (Wildman–Crippen MR) is 83.9 cm³/mol. The van der Waals surface area contributed by atoms with E-state index in [2.05, 4.69) is 18.7 Å². The lowest BCUT2D eigenvalue weighted by Gasteiger charge is -2.20. The van der Waals surface area contributed by atoms with Crippen molar-refractivity contribution < 1.29 is 0 Å². The molecule has 0 fully saturated rings. The number of rotatable bonds is 5. The molecule has 0 atom stereocenters. The monoisotopic (exact) mass is 272 g/mol. The van der Waals surface area contributed by atoms with Gasteiger partial charge in [0, 0.05) is 12.8 Å². The van der Waals surface area contributed by atoms with Crippen LogP contribution in [0.1, 0.15) is 17.5 Å². The number of benzene rings is 2. The molecule has 0 unspecified atom stereocenters. The Labute approximate surface area is 125 Å². The molecular weight excluding hydrogens is 256 g/mol. The molecule has 0 aliphatic rings. The van der Waals surface area contributed by atoms with Gasteiger partial charge < -0.3 is 0 Å². The molecule has 0 saturated carbocycles. The minimum Gasteiger partial charge on any atom is -0.197 e. The Balaban J connectivity index is 2.22. The largest absolute Gasteiger partial charge is 0.197 e.